The average Bonchev–Trinajstić information content (AvgIpc) is 2.32. The normalized spacial score (nSPS) is 12.2. The van der Waals surface area contributed by atoms with Crippen molar-refractivity contribution in [1.29, 1.82) is 0 Å². The van der Waals surface area contributed by atoms with Gasteiger partial charge >= 0.3 is 6.16 Å². The number of hydrogen-bond donors (Lipinski definition) is 0. The summed E-state index contributed by atoms with van der Waals surface area (Å²) >= 11 is 0. The number of ether oxygens (including phenoxy) is 2. The summed E-state index contributed by atoms with van der Waals surface area (Å²) in [5, 5.41) is 0. The zero-order valence-corrected chi connectivity index (χ0v) is 11.7. The summed E-state index contributed by atoms with van der Waals surface area (Å²) in [7, 11) is 1.34. The second-order valence-corrected chi connectivity index (χ2v) is 4.65. The van der Waals surface area contributed by atoms with E-state index in [-0.39, 0.29) is 6.10 Å². The molecule has 3 nitrogen and oxygen atoms in total. The van der Waals surface area contributed by atoms with E-state index in [9.17, 15) is 4.79 Å². The van der Waals surface area contributed by atoms with Crippen LogP contribution in [0.2, 0.25) is 0 Å². The maximum Gasteiger partial charge on any atom is 0.508 e. The molecule has 0 bridgehead atoms. The molecule has 0 aromatic carbocycles. The third-order valence-electron chi connectivity index (χ3n) is 2.93. The van der Waals surface area contributed by atoms with Gasteiger partial charge in [-0.3, -0.25) is 0 Å². The van der Waals surface area contributed by atoms with Crippen LogP contribution in [0.3, 0.4) is 0 Å². The van der Waals surface area contributed by atoms with Gasteiger partial charge in [0.25, 0.3) is 0 Å². The zero-order valence-electron chi connectivity index (χ0n) is 11.7. The van der Waals surface area contributed by atoms with Crippen LogP contribution in [0.15, 0.2) is 0 Å². The van der Waals surface area contributed by atoms with E-state index in [0.717, 1.165) is 12.8 Å². The fraction of sp³-hybridized carbons (Fsp3) is 0.929. The Morgan fingerprint density at radius 3 is 2.06 bits per heavy atom. The largest absolute Gasteiger partial charge is 0.508 e. The second kappa shape index (κ2) is 11.7. The molecular weight excluding hydrogens is 216 g/mol. The molecule has 0 saturated heterocycles. The molecule has 0 aliphatic rings. The molecular formula is C14H28O3. The van der Waals surface area contributed by atoms with E-state index in [2.05, 4.69) is 11.7 Å². The van der Waals surface area contributed by atoms with Crippen molar-refractivity contribution in [3.05, 3.63) is 0 Å². The topological polar surface area (TPSA) is 35.5 Å². The lowest BCUT2D eigenvalue weighted by Crippen LogP contribution is -2.14. The van der Waals surface area contributed by atoms with Crippen LogP contribution >= 0.6 is 0 Å². The molecule has 0 saturated carbocycles. The lowest BCUT2D eigenvalue weighted by Gasteiger charge is -2.11. The predicted molar refractivity (Wildman–Crippen MR) is 70.2 cm³/mol. The summed E-state index contributed by atoms with van der Waals surface area (Å²) in [6.45, 7) is 4.15. The highest BCUT2D eigenvalue weighted by molar-refractivity contribution is 5.59. The van der Waals surface area contributed by atoms with E-state index >= 15 is 0 Å². The van der Waals surface area contributed by atoms with Crippen LogP contribution in [-0.2, 0) is 9.47 Å². The average molecular weight is 244 g/mol. The molecule has 1 atom stereocenters. The van der Waals surface area contributed by atoms with Gasteiger partial charge in [0.2, 0.25) is 0 Å². The number of methoxy groups -OCH3 is 1. The molecule has 3 heteroatoms. The van der Waals surface area contributed by atoms with Gasteiger partial charge in [-0.25, -0.2) is 4.79 Å². The Bertz CT molecular complexity index is 180. The lowest BCUT2D eigenvalue weighted by molar-refractivity contribution is 0.0397. The van der Waals surface area contributed by atoms with E-state index in [1.165, 1.54) is 52.1 Å². The third-order valence-corrected chi connectivity index (χ3v) is 2.93. The maximum absolute atomic E-state index is 10.8. The van der Waals surface area contributed by atoms with Gasteiger partial charge in [0.15, 0.2) is 0 Å². The molecule has 0 N–H and O–H groups in total. The van der Waals surface area contributed by atoms with Gasteiger partial charge in [-0.05, 0) is 19.8 Å². The van der Waals surface area contributed by atoms with Gasteiger partial charge in [-0.15, -0.1) is 0 Å². The minimum atomic E-state index is -0.572. The van der Waals surface area contributed by atoms with E-state index < -0.39 is 6.16 Å². The molecule has 0 aromatic rings. The summed E-state index contributed by atoms with van der Waals surface area (Å²) in [5.41, 5.74) is 0. The van der Waals surface area contributed by atoms with E-state index in [0.29, 0.717) is 0 Å². The van der Waals surface area contributed by atoms with Crippen LogP contribution < -0.4 is 0 Å². The quantitative estimate of drug-likeness (QED) is 0.413. The zero-order chi connectivity index (χ0) is 12.9. The van der Waals surface area contributed by atoms with Crippen molar-refractivity contribution in [2.45, 2.75) is 77.7 Å². The predicted octanol–water partition coefficient (Wildman–Crippen LogP) is 4.69. The summed E-state index contributed by atoms with van der Waals surface area (Å²) in [4.78, 5) is 10.8. The van der Waals surface area contributed by atoms with E-state index in [1.807, 2.05) is 6.92 Å². The standard InChI is InChI=1S/C14H28O3/c1-4-5-6-7-8-9-10-11-12-13(2)17-14(15)16-3/h13H,4-12H2,1-3H3. The first-order valence-electron chi connectivity index (χ1n) is 6.95. The molecule has 102 valence electrons. The minimum Gasteiger partial charge on any atom is -0.438 e. The fourth-order valence-corrected chi connectivity index (χ4v) is 1.84. The molecule has 0 spiro atoms. The van der Waals surface area contributed by atoms with E-state index in [1.54, 1.807) is 0 Å². The van der Waals surface area contributed by atoms with Crippen molar-refractivity contribution in [2.75, 3.05) is 7.11 Å². The van der Waals surface area contributed by atoms with Crippen LogP contribution in [0.1, 0.15) is 71.6 Å². The van der Waals surface area contributed by atoms with Gasteiger partial charge in [0.05, 0.1) is 7.11 Å². The summed E-state index contributed by atoms with van der Waals surface area (Å²) < 4.78 is 9.44. The highest BCUT2D eigenvalue weighted by Gasteiger charge is 2.08. The molecule has 17 heavy (non-hydrogen) atoms. The van der Waals surface area contributed by atoms with Crippen LogP contribution in [0.4, 0.5) is 4.79 Å². The minimum absolute atomic E-state index is 0.0254. The Morgan fingerprint density at radius 2 is 1.53 bits per heavy atom. The lowest BCUT2D eigenvalue weighted by atomic mass is 10.1. The number of carbonyl (C=O) groups is 1. The van der Waals surface area contributed by atoms with Gasteiger partial charge in [-0.1, -0.05) is 51.9 Å². The Kier molecular flexibility index (Phi) is 11.2. The fourth-order valence-electron chi connectivity index (χ4n) is 1.84. The number of unbranched alkanes of at least 4 members (excludes halogenated alkanes) is 7. The van der Waals surface area contributed by atoms with Crippen LogP contribution in [0.5, 0.6) is 0 Å². The van der Waals surface area contributed by atoms with Gasteiger partial charge in [0.1, 0.15) is 6.10 Å². The molecule has 0 aliphatic heterocycles. The molecule has 0 aliphatic carbocycles. The Balaban J connectivity index is 3.19. The second-order valence-electron chi connectivity index (χ2n) is 4.65. The van der Waals surface area contributed by atoms with Gasteiger partial charge in [-0.2, -0.15) is 0 Å². The summed E-state index contributed by atoms with van der Waals surface area (Å²) in [6, 6.07) is 0. The summed E-state index contributed by atoms with van der Waals surface area (Å²) in [5.74, 6) is 0. The van der Waals surface area contributed by atoms with Gasteiger partial charge in [0, 0.05) is 0 Å². The molecule has 0 amide bonds. The first kappa shape index (κ1) is 16.3. The smallest absolute Gasteiger partial charge is 0.438 e. The van der Waals surface area contributed by atoms with Crippen molar-refractivity contribution in [1.82, 2.24) is 0 Å². The van der Waals surface area contributed by atoms with Crippen molar-refractivity contribution >= 4 is 6.16 Å². The van der Waals surface area contributed by atoms with E-state index in [4.69, 9.17) is 4.74 Å². The molecule has 0 heterocycles. The number of carbonyl (C=O) groups excluding carboxylic acids is 1. The van der Waals surface area contributed by atoms with Crippen LogP contribution in [-0.4, -0.2) is 19.4 Å². The molecule has 0 radical (unpaired) electrons. The Labute approximate surface area is 106 Å². The first-order chi connectivity index (χ1) is 8.20. The van der Waals surface area contributed by atoms with Crippen molar-refractivity contribution in [2.24, 2.45) is 0 Å². The summed E-state index contributed by atoms with van der Waals surface area (Å²) in [6.07, 6.45) is 10.8. The SMILES string of the molecule is CCCCCCCCCCC(C)OC(=O)OC. The van der Waals surface area contributed by atoms with Crippen molar-refractivity contribution in [3.63, 3.8) is 0 Å². The van der Waals surface area contributed by atoms with Crippen molar-refractivity contribution < 1.29 is 14.3 Å². The molecule has 0 rings (SSSR count). The van der Waals surface area contributed by atoms with Gasteiger partial charge < -0.3 is 9.47 Å². The van der Waals surface area contributed by atoms with Crippen LogP contribution in [0, 0.1) is 0 Å². The first-order valence-corrected chi connectivity index (χ1v) is 6.95. The highest BCUT2D eigenvalue weighted by Crippen LogP contribution is 2.11. The highest BCUT2D eigenvalue weighted by atomic mass is 16.7. The number of hydrogen-bond acceptors (Lipinski definition) is 3. The monoisotopic (exact) mass is 244 g/mol. The van der Waals surface area contributed by atoms with Crippen LogP contribution in [0.25, 0.3) is 0 Å². The Morgan fingerprint density at radius 1 is 1.00 bits per heavy atom. The van der Waals surface area contributed by atoms with Crippen molar-refractivity contribution in [3.8, 4) is 0 Å². The molecule has 0 fully saturated rings. The molecule has 0 aromatic heterocycles. The molecule has 1 unspecified atom stereocenters. The number of rotatable bonds is 10. The third kappa shape index (κ3) is 11.5. The Hall–Kier alpha value is -0.730. The maximum atomic E-state index is 10.8.